The lowest BCUT2D eigenvalue weighted by Gasteiger charge is -2.01. The van der Waals surface area contributed by atoms with Gasteiger partial charge in [0.05, 0.1) is 0 Å². The summed E-state index contributed by atoms with van der Waals surface area (Å²) in [5.74, 6) is 0. The number of aromatic nitrogens is 2. The summed E-state index contributed by atoms with van der Waals surface area (Å²) in [4.78, 5) is 5.25. The molecule has 0 radical (unpaired) electrons. The SMILES string of the molecule is Cc1cc(Sc2ncns2)ccc1N. The van der Waals surface area contributed by atoms with Gasteiger partial charge in [-0.3, -0.25) is 0 Å². The van der Waals surface area contributed by atoms with Gasteiger partial charge >= 0.3 is 0 Å². The predicted octanol–water partition coefficient (Wildman–Crippen LogP) is 2.58. The maximum atomic E-state index is 5.73. The van der Waals surface area contributed by atoms with Gasteiger partial charge in [-0.05, 0) is 42.2 Å². The molecule has 1 aromatic carbocycles. The van der Waals surface area contributed by atoms with Crippen molar-refractivity contribution in [3.8, 4) is 0 Å². The fourth-order valence-corrected chi connectivity index (χ4v) is 2.54. The third-order valence-electron chi connectivity index (χ3n) is 1.79. The van der Waals surface area contributed by atoms with Crippen LogP contribution in [0, 0.1) is 6.92 Å². The lowest BCUT2D eigenvalue weighted by Crippen LogP contribution is -1.88. The van der Waals surface area contributed by atoms with Gasteiger partial charge in [-0.25, -0.2) is 4.98 Å². The molecule has 0 saturated heterocycles. The van der Waals surface area contributed by atoms with Crippen LogP contribution in [-0.4, -0.2) is 9.36 Å². The molecule has 0 amide bonds. The lowest BCUT2D eigenvalue weighted by atomic mass is 10.2. The molecule has 0 aliphatic carbocycles. The van der Waals surface area contributed by atoms with Crippen molar-refractivity contribution in [2.45, 2.75) is 16.2 Å². The van der Waals surface area contributed by atoms with Gasteiger partial charge < -0.3 is 5.73 Å². The smallest absolute Gasteiger partial charge is 0.174 e. The second-order valence-electron chi connectivity index (χ2n) is 2.83. The molecular weight excluding hydrogens is 214 g/mol. The molecule has 2 aromatic rings. The Morgan fingerprint density at radius 2 is 2.29 bits per heavy atom. The third-order valence-corrected chi connectivity index (χ3v) is 3.49. The van der Waals surface area contributed by atoms with Gasteiger partial charge in [-0.15, -0.1) is 0 Å². The maximum absolute atomic E-state index is 5.73. The van der Waals surface area contributed by atoms with E-state index in [0.29, 0.717) is 0 Å². The molecule has 0 bridgehead atoms. The summed E-state index contributed by atoms with van der Waals surface area (Å²) >= 11 is 3.00. The second kappa shape index (κ2) is 3.98. The number of nitrogens with zero attached hydrogens (tertiary/aromatic N) is 2. The average Bonchev–Trinajstić information content (AvgIpc) is 2.64. The Morgan fingerprint density at radius 1 is 1.43 bits per heavy atom. The van der Waals surface area contributed by atoms with E-state index in [1.165, 1.54) is 11.5 Å². The number of nitrogen functional groups attached to an aromatic ring is 1. The third kappa shape index (κ3) is 2.05. The molecule has 0 aliphatic heterocycles. The van der Waals surface area contributed by atoms with E-state index in [0.717, 1.165) is 20.5 Å². The van der Waals surface area contributed by atoms with E-state index >= 15 is 0 Å². The molecule has 0 atom stereocenters. The van der Waals surface area contributed by atoms with Gasteiger partial charge in [-0.1, -0.05) is 11.8 Å². The van der Waals surface area contributed by atoms with E-state index < -0.39 is 0 Å². The Kier molecular flexibility index (Phi) is 2.69. The molecule has 2 N–H and O–H groups in total. The van der Waals surface area contributed by atoms with Gasteiger partial charge in [-0.2, -0.15) is 4.37 Å². The van der Waals surface area contributed by atoms with E-state index in [1.54, 1.807) is 18.1 Å². The highest BCUT2D eigenvalue weighted by Gasteiger charge is 2.01. The van der Waals surface area contributed by atoms with E-state index in [1.807, 2.05) is 19.1 Å². The topological polar surface area (TPSA) is 51.8 Å². The standard InChI is InChI=1S/C9H9N3S2/c1-6-4-7(2-3-8(6)10)13-9-11-5-12-14-9/h2-5H,10H2,1H3. The minimum absolute atomic E-state index is 0.826. The highest BCUT2D eigenvalue weighted by Crippen LogP contribution is 2.29. The largest absolute Gasteiger partial charge is 0.399 e. The number of hydrogen-bond donors (Lipinski definition) is 1. The van der Waals surface area contributed by atoms with Crippen molar-refractivity contribution >= 4 is 29.0 Å². The van der Waals surface area contributed by atoms with Crippen molar-refractivity contribution < 1.29 is 0 Å². The highest BCUT2D eigenvalue weighted by atomic mass is 32.2. The second-order valence-corrected chi connectivity index (χ2v) is 4.93. The van der Waals surface area contributed by atoms with Gasteiger partial charge in [0.2, 0.25) is 0 Å². The number of aryl methyl sites for hydroxylation is 1. The van der Waals surface area contributed by atoms with Gasteiger partial charge in [0.15, 0.2) is 4.34 Å². The predicted molar refractivity (Wildman–Crippen MR) is 59.6 cm³/mol. The molecule has 1 heterocycles. The summed E-state index contributed by atoms with van der Waals surface area (Å²) in [5, 5.41) is 0. The molecule has 72 valence electrons. The van der Waals surface area contributed by atoms with Crippen molar-refractivity contribution in [2.24, 2.45) is 0 Å². The number of nitrogens with two attached hydrogens (primary N) is 1. The fraction of sp³-hybridized carbons (Fsp3) is 0.111. The summed E-state index contributed by atoms with van der Waals surface area (Å²) in [6.07, 6.45) is 1.57. The first-order chi connectivity index (χ1) is 6.75. The molecule has 14 heavy (non-hydrogen) atoms. The van der Waals surface area contributed by atoms with Crippen LogP contribution in [0.4, 0.5) is 5.69 Å². The van der Waals surface area contributed by atoms with Crippen LogP contribution in [0.15, 0.2) is 33.8 Å². The molecule has 5 heteroatoms. The van der Waals surface area contributed by atoms with Gasteiger partial charge in [0.1, 0.15) is 6.33 Å². The van der Waals surface area contributed by atoms with Crippen molar-refractivity contribution in [3.05, 3.63) is 30.1 Å². The normalized spacial score (nSPS) is 10.4. The van der Waals surface area contributed by atoms with Crippen LogP contribution in [0.5, 0.6) is 0 Å². The zero-order chi connectivity index (χ0) is 9.97. The molecular formula is C9H9N3S2. The fourth-order valence-electron chi connectivity index (χ4n) is 1.02. The Balaban J connectivity index is 2.22. The molecule has 0 saturated carbocycles. The molecule has 2 rings (SSSR count). The van der Waals surface area contributed by atoms with Crippen LogP contribution in [0.25, 0.3) is 0 Å². The Bertz CT molecular complexity index is 426. The van der Waals surface area contributed by atoms with Crippen LogP contribution < -0.4 is 5.73 Å². The molecule has 0 spiro atoms. The van der Waals surface area contributed by atoms with E-state index in [2.05, 4.69) is 15.4 Å². The first-order valence-electron chi connectivity index (χ1n) is 4.06. The zero-order valence-electron chi connectivity index (χ0n) is 7.60. The van der Waals surface area contributed by atoms with Crippen LogP contribution in [0.3, 0.4) is 0 Å². The van der Waals surface area contributed by atoms with E-state index in [-0.39, 0.29) is 0 Å². The molecule has 0 fully saturated rings. The summed E-state index contributed by atoms with van der Waals surface area (Å²) in [7, 11) is 0. The Morgan fingerprint density at radius 3 is 2.93 bits per heavy atom. The molecule has 3 nitrogen and oxygen atoms in total. The number of anilines is 1. The van der Waals surface area contributed by atoms with Crippen molar-refractivity contribution in [1.29, 1.82) is 0 Å². The Hall–Kier alpha value is -1.07. The molecule has 0 aliphatic rings. The molecule has 1 aromatic heterocycles. The highest BCUT2D eigenvalue weighted by molar-refractivity contribution is 8.01. The summed E-state index contributed by atoms with van der Waals surface area (Å²) in [6, 6.07) is 5.97. The number of rotatable bonds is 2. The van der Waals surface area contributed by atoms with Gasteiger partial charge in [0, 0.05) is 10.6 Å². The first kappa shape index (κ1) is 9.48. The lowest BCUT2D eigenvalue weighted by molar-refractivity contribution is 1.21. The summed E-state index contributed by atoms with van der Waals surface area (Å²) < 4.78 is 4.90. The van der Waals surface area contributed by atoms with Crippen LogP contribution >= 0.6 is 23.3 Å². The minimum Gasteiger partial charge on any atom is -0.399 e. The number of hydrogen-bond acceptors (Lipinski definition) is 5. The van der Waals surface area contributed by atoms with Crippen molar-refractivity contribution in [2.75, 3.05) is 5.73 Å². The monoisotopic (exact) mass is 223 g/mol. The van der Waals surface area contributed by atoms with E-state index in [4.69, 9.17) is 5.73 Å². The summed E-state index contributed by atoms with van der Waals surface area (Å²) in [6.45, 7) is 2.00. The van der Waals surface area contributed by atoms with Crippen molar-refractivity contribution in [3.63, 3.8) is 0 Å². The Labute approximate surface area is 90.5 Å². The van der Waals surface area contributed by atoms with Crippen molar-refractivity contribution in [1.82, 2.24) is 9.36 Å². The summed E-state index contributed by atoms with van der Waals surface area (Å²) in [5.41, 5.74) is 7.65. The first-order valence-corrected chi connectivity index (χ1v) is 5.65. The van der Waals surface area contributed by atoms with Crippen LogP contribution in [-0.2, 0) is 0 Å². The quantitative estimate of drug-likeness (QED) is 0.795. The average molecular weight is 223 g/mol. The maximum Gasteiger partial charge on any atom is 0.174 e. The molecule has 0 unspecified atom stereocenters. The van der Waals surface area contributed by atoms with Gasteiger partial charge in [0.25, 0.3) is 0 Å². The number of benzene rings is 1. The van der Waals surface area contributed by atoms with Crippen LogP contribution in [0.2, 0.25) is 0 Å². The van der Waals surface area contributed by atoms with Crippen LogP contribution in [0.1, 0.15) is 5.56 Å². The van der Waals surface area contributed by atoms with E-state index in [9.17, 15) is 0 Å². The zero-order valence-corrected chi connectivity index (χ0v) is 9.23. The minimum atomic E-state index is 0.826.